The first-order chi connectivity index (χ1) is 12.9. The predicted octanol–water partition coefficient (Wildman–Crippen LogP) is 1.04. The summed E-state index contributed by atoms with van der Waals surface area (Å²) in [6.45, 7) is 3.97. The van der Waals surface area contributed by atoms with Gasteiger partial charge in [0.1, 0.15) is 4.90 Å². The van der Waals surface area contributed by atoms with E-state index in [4.69, 9.17) is 0 Å². The van der Waals surface area contributed by atoms with E-state index in [-0.39, 0.29) is 22.1 Å². The summed E-state index contributed by atoms with van der Waals surface area (Å²) in [5.74, 6) is -0.0799. The lowest BCUT2D eigenvalue weighted by molar-refractivity contribution is -0.139. The monoisotopic (exact) mass is 392 g/mol. The molecule has 1 atom stereocenters. The van der Waals surface area contributed by atoms with Crippen molar-refractivity contribution in [3.63, 3.8) is 0 Å². The van der Waals surface area contributed by atoms with E-state index >= 15 is 0 Å². The van der Waals surface area contributed by atoms with E-state index in [0.717, 1.165) is 51.9 Å². The van der Waals surface area contributed by atoms with E-state index in [0.29, 0.717) is 13.1 Å². The molecule has 0 radical (unpaired) electrons. The molecule has 4 rings (SSSR count). The van der Waals surface area contributed by atoms with E-state index in [1.54, 1.807) is 18.3 Å². The van der Waals surface area contributed by atoms with Crippen molar-refractivity contribution < 1.29 is 13.2 Å². The lowest BCUT2D eigenvalue weighted by Crippen LogP contribution is -2.51. The average Bonchev–Trinajstić information content (AvgIpc) is 3.31. The molecule has 1 spiro atoms. The maximum absolute atomic E-state index is 13.4. The Hall–Kier alpha value is -1.51. The number of carbonyl (C=O) groups is 1. The molecule has 2 aliphatic heterocycles. The Bertz CT molecular complexity index is 784. The van der Waals surface area contributed by atoms with Crippen LogP contribution in [0.4, 0.5) is 0 Å². The first-order valence-corrected chi connectivity index (χ1v) is 11.2. The molecule has 0 N–H and O–H groups in total. The number of amides is 1. The normalized spacial score (nSPS) is 26.7. The van der Waals surface area contributed by atoms with Gasteiger partial charge in [0.15, 0.2) is 0 Å². The highest BCUT2D eigenvalue weighted by Crippen LogP contribution is 2.50. The number of likely N-dealkylation sites (N-methyl/N-ethyl adjacent to an activating group) is 1. The van der Waals surface area contributed by atoms with Gasteiger partial charge in [-0.3, -0.25) is 9.78 Å². The van der Waals surface area contributed by atoms with Crippen molar-refractivity contribution in [3.8, 4) is 0 Å². The zero-order valence-corrected chi connectivity index (χ0v) is 16.7. The zero-order valence-electron chi connectivity index (χ0n) is 15.9. The van der Waals surface area contributed by atoms with Crippen molar-refractivity contribution in [2.45, 2.75) is 30.6 Å². The number of piperazine rings is 1. The Morgan fingerprint density at radius 2 is 1.89 bits per heavy atom. The van der Waals surface area contributed by atoms with Crippen molar-refractivity contribution >= 4 is 15.9 Å². The van der Waals surface area contributed by atoms with E-state index in [1.165, 1.54) is 10.5 Å². The SMILES string of the molecule is CN1CCN(C(=O)C2CN(S(=O)(=O)c3cccnc3)CC23CCCC3)CC1. The molecule has 8 heteroatoms. The molecule has 3 heterocycles. The van der Waals surface area contributed by atoms with Crippen LogP contribution in [0.5, 0.6) is 0 Å². The van der Waals surface area contributed by atoms with Crippen LogP contribution in [0.15, 0.2) is 29.4 Å². The van der Waals surface area contributed by atoms with Crippen LogP contribution in [0.2, 0.25) is 0 Å². The van der Waals surface area contributed by atoms with Crippen LogP contribution < -0.4 is 0 Å². The molecule has 3 aliphatic rings. The molecular weight excluding hydrogens is 364 g/mol. The summed E-state index contributed by atoms with van der Waals surface area (Å²) in [4.78, 5) is 21.7. The Morgan fingerprint density at radius 3 is 2.52 bits per heavy atom. The summed E-state index contributed by atoms with van der Waals surface area (Å²) in [6, 6.07) is 3.22. The summed E-state index contributed by atoms with van der Waals surface area (Å²) >= 11 is 0. The standard InChI is InChI=1S/C19H28N4O3S/c1-21-9-11-22(12-10-21)18(24)17-14-23(15-19(17)6-2-3-7-19)27(25,26)16-5-4-8-20-13-16/h4-5,8,13,17H,2-3,6-7,9-12,14-15H2,1H3. The Labute approximate surface area is 161 Å². The van der Waals surface area contributed by atoms with E-state index < -0.39 is 10.0 Å². The quantitative estimate of drug-likeness (QED) is 0.768. The predicted molar refractivity (Wildman–Crippen MR) is 101 cm³/mol. The maximum atomic E-state index is 13.4. The van der Waals surface area contributed by atoms with E-state index in [2.05, 4.69) is 16.9 Å². The van der Waals surface area contributed by atoms with Crippen LogP contribution in [0.3, 0.4) is 0 Å². The first-order valence-electron chi connectivity index (χ1n) is 9.80. The molecule has 1 aromatic rings. The maximum Gasteiger partial charge on any atom is 0.244 e. The minimum atomic E-state index is -3.62. The van der Waals surface area contributed by atoms with Gasteiger partial charge in [0.2, 0.25) is 15.9 Å². The topological polar surface area (TPSA) is 73.8 Å². The summed E-state index contributed by atoms with van der Waals surface area (Å²) in [6.07, 6.45) is 7.00. The van der Waals surface area contributed by atoms with Gasteiger partial charge in [-0.2, -0.15) is 4.31 Å². The van der Waals surface area contributed by atoms with Crippen LogP contribution in [0.1, 0.15) is 25.7 Å². The molecule has 1 saturated carbocycles. The molecule has 7 nitrogen and oxygen atoms in total. The van der Waals surface area contributed by atoms with E-state index in [9.17, 15) is 13.2 Å². The highest BCUT2D eigenvalue weighted by atomic mass is 32.2. The molecule has 2 saturated heterocycles. The second kappa shape index (κ2) is 7.14. The minimum Gasteiger partial charge on any atom is -0.340 e. The molecular formula is C19H28N4O3S. The molecule has 0 bridgehead atoms. The Balaban J connectivity index is 1.59. The fraction of sp³-hybridized carbons (Fsp3) is 0.684. The second-order valence-corrected chi connectivity index (χ2v) is 10.2. The molecule has 27 heavy (non-hydrogen) atoms. The number of rotatable bonds is 3. The van der Waals surface area contributed by atoms with Crippen LogP contribution >= 0.6 is 0 Å². The summed E-state index contributed by atoms with van der Waals surface area (Å²) in [5.41, 5.74) is -0.199. The van der Waals surface area contributed by atoms with Crippen molar-refractivity contribution in [2.75, 3.05) is 46.3 Å². The fourth-order valence-electron chi connectivity index (χ4n) is 4.93. The van der Waals surface area contributed by atoms with Crippen molar-refractivity contribution in [1.29, 1.82) is 0 Å². The lowest BCUT2D eigenvalue weighted by atomic mass is 9.76. The van der Waals surface area contributed by atoms with Crippen molar-refractivity contribution in [2.24, 2.45) is 11.3 Å². The number of nitrogens with zero attached hydrogens (tertiary/aromatic N) is 4. The van der Waals surface area contributed by atoms with Gasteiger partial charge in [-0.1, -0.05) is 12.8 Å². The number of hydrogen-bond acceptors (Lipinski definition) is 5. The smallest absolute Gasteiger partial charge is 0.244 e. The van der Waals surface area contributed by atoms with Gasteiger partial charge in [-0.25, -0.2) is 8.42 Å². The third kappa shape index (κ3) is 3.39. The highest BCUT2D eigenvalue weighted by Gasteiger charge is 2.54. The number of hydrogen-bond donors (Lipinski definition) is 0. The summed E-state index contributed by atoms with van der Waals surface area (Å²) in [7, 11) is -1.55. The zero-order chi connectivity index (χ0) is 19.1. The lowest BCUT2D eigenvalue weighted by Gasteiger charge is -2.37. The van der Waals surface area contributed by atoms with Crippen LogP contribution in [-0.2, 0) is 14.8 Å². The third-order valence-electron chi connectivity index (χ3n) is 6.60. The molecule has 1 amide bonds. The fourth-order valence-corrected chi connectivity index (χ4v) is 6.44. The van der Waals surface area contributed by atoms with Gasteiger partial charge in [0, 0.05) is 51.7 Å². The van der Waals surface area contributed by atoms with Crippen LogP contribution in [-0.4, -0.2) is 79.7 Å². The van der Waals surface area contributed by atoms with Gasteiger partial charge in [-0.15, -0.1) is 0 Å². The molecule has 148 valence electrons. The summed E-state index contributed by atoms with van der Waals surface area (Å²) in [5, 5.41) is 0. The van der Waals surface area contributed by atoms with Gasteiger partial charge < -0.3 is 9.80 Å². The van der Waals surface area contributed by atoms with Crippen LogP contribution in [0, 0.1) is 11.3 Å². The van der Waals surface area contributed by atoms with E-state index in [1.807, 2.05) is 4.90 Å². The minimum absolute atomic E-state index is 0.147. The van der Waals surface area contributed by atoms with Crippen molar-refractivity contribution in [3.05, 3.63) is 24.5 Å². The number of carbonyl (C=O) groups excluding carboxylic acids is 1. The van der Waals surface area contributed by atoms with Gasteiger partial charge >= 0.3 is 0 Å². The Kier molecular flexibility index (Phi) is 4.98. The second-order valence-electron chi connectivity index (χ2n) is 8.24. The largest absolute Gasteiger partial charge is 0.340 e. The average molecular weight is 393 g/mol. The number of aromatic nitrogens is 1. The van der Waals surface area contributed by atoms with Gasteiger partial charge in [0.05, 0.1) is 5.92 Å². The van der Waals surface area contributed by atoms with Crippen LogP contribution in [0.25, 0.3) is 0 Å². The first kappa shape index (κ1) is 18.8. The number of pyridine rings is 1. The molecule has 0 aromatic carbocycles. The highest BCUT2D eigenvalue weighted by molar-refractivity contribution is 7.89. The molecule has 3 fully saturated rings. The molecule has 1 aromatic heterocycles. The summed E-state index contributed by atoms with van der Waals surface area (Å²) < 4.78 is 27.8. The van der Waals surface area contributed by atoms with Gasteiger partial charge in [-0.05, 0) is 37.4 Å². The molecule has 1 aliphatic carbocycles. The third-order valence-corrected chi connectivity index (χ3v) is 8.40. The molecule has 1 unspecified atom stereocenters. The number of sulfonamides is 1. The van der Waals surface area contributed by atoms with Gasteiger partial charge in [0.25, 0.3) is 0 Å². The van der Waals surface area contributed by atoms with Crippen molar-refractivity contribution in [1.82, 2.24) is 19.1 Å². The Morgan fingerprint density at radius 1 is 1.19 bits per heavy atom.